The molecule has 1 unspecified atom stereocenters. The Kier molecular flexibility index (Phi) is 6.10. The van der Waals surface area contributed by atoms with Gasteiger partial charge >= 0.3 is 0 Å². The number of carbonyl (C=O) groups excluding carboxylic acids is 1. The summed E-state index contributed by atoms with van der Waals surface area (Å²) in [7, 11) is 0. The van der Waals surface area contributed by atoms with E-state index in [1.807, 2.05) is 30.3 Å². The van der Waals surface area contributed by atoms with Crippen molar-refractivity contribution in [3.05, 3.63) is 71.5 Å². The molecule has 1 amide bonds. The van der Waals surface area contributed by atoms with Gasteiger partial charge in [-0.25, -0.2) is 4.39 Å². The number of carbonyl (C=O) groups is 1. The third-order valence-electron chi connectivity index (χ3n) is 3.54. The van der Waals surface area contributed by atoms with Gasteiger partial charge in [0.25, 0.3) is 0 Å². The van der Waals surface area contributed by atoms with E-state index < -0.39 is 6.04 Å². The first kappa shape index (κ1) is 16.2. The molecule has 0 aliphatic heterocycles. The van der Waals surface area contributed by atoms with Crippen LogP contribution in [0.3, 0.4) is 0 Å². The zero-order valence-electron chi connectivity index (χ0n) is 12.5. The predicted octanol–water partition coefficient (Wildman–Crippen LogP) is 2.79. The summed E-state index contributed by atoms with van der Waals surface area (Å²) in [4.78, 5) is 11.9. The molecule has 0 spiro atoms. The van der Waals surface area contributed by atoms with Crippen LogP contribution in [-0.2, 0) is 17.8 Å². The summed E-state index contributed by atoms with van der Waals surface area (Å²) < 4.78 is 12.8. The minimum atomic E-state index is -0.510. The van der Waals surface area contributed by atoms with Gasteiger partial charge in [-0.2, -0.15) is 0 Å². The number of halogens is 1. The molecule has 3 N–H and O–H groups in total. The minimum Gasteiger partial charge on any atom is -0.351 e. The molecule has 0 fully saturated rings. The van der Waals surface area contributed by atoms with Gasteiger partial charge in [0.2, 0.25) is 5.91 Å². The molecule has 0 aliphatic carbocycles. The van der Waals surface area contributed by atoms with Gasteiger partial charge in [0.1, 0.15) is 5.82 Å². The SMILES string of the molecule is NC(CCCc1ccc(F)cc1)C(=O)NCc1ccccc1. The third kappa shape index (κ3) is 5.30. The molecule has 0 saturated carbocycles. The number of rotatable bonds is 7. The Morgan fingerprint density at radius 1 is 1.05 bits per heavy atom. The largest absolute Gasteiger partial charge is 0.351 e. The second-order valence-electron chi connectivity index (χ2n) is 5.33. The first-order valence-electron chi connectivity index (χ1n) is 7.47. The average Bonchev–Trinajstić information content (AvgIpc) is 2.55. The van der Waals surface area contributed by atoms with Gasteiger partial charge in [-0.1, -0.05) is 42.5 Å². The van der Waals surface area contributed by atoms with Gasteiger partial charge in [-0.3, -0.25) is 4.79 Å². The lowest BCUT2D eigenvalue weighted by atomic mass is 10.0. The maximum absolute atomic E-state index is 12.8. The second kappa shape index (κ2) is 8.29. The van der Waals surface area contributed by atoms with Gasteiger partial charge in [-0.05, 0) is 42.5 Å². The summed E-state index contributed by atoms with van der Waals surface area (Å²) in [6.45, 7) is 0.491. The Morgan fingerprint density at radius 2 is 1.73 bits per heavy atom. The number of nitrogens with two attached hydrogens (primary N) is 1. The van der Waals surface area contributed by atoms with E-state index in [0.717, 1.165) is 24.0 Å². The lowest BCUT2D eigenvalue weighted by molar-refractivity contribution is -0.122. The Balaban J connectivity index is 1.69. The zero-order chi connectivity index (χ0) is 15.8. The summed E-state index contributed by atoms with van der Waals surface area (Å²) >= 11 is 0. The van der Waals surface area contributed by atoms with E-state index in [-0.39, 0.29) is 11.7 Å². The average molecular weight is 300 g/mol. The summed E-state index contributed by atoms with van der Waals surface area (Å²) in [6.07, 6.45) is 2.20. The van der Waals surface area contributed by atoms with Crippen molar-refractivity contribution in [1.82, 2.24) is 5.32 Å². The molecule has 3 nitrogen and oxygen atoms in total. The van der Waals surface area contributed by atoms with Crippen LogP contribution in [0.4, 0.5) is 4.39 Å². The van der Waals surface area contributed by atoms with E-state index in [1.165, 1.54) is 12.1 Å². The number of aryl methyl sites for hydroxylation is 1. The highest BCUT2D eigenvalue weighted by Crippen LogP contribution is 2.08. The molecule has 0 bridgehead atoms. The van der Waals surface area contributed by atoms with Gasteiger partial charge in [-0.15, -0.1) is 0 Å². The van der Waals surface area contributed by atoms with Gasteiger partial charge in [0.05, 0.1) is 6.04 Å². The number of hydrogen-bond acceptors (Lipinski definition) is 2. The molecule has 0 aromatic heterocycles. The Hall–Kier alpha value is -2.20. The fourth-order valence-electron chi connectivity index (χ4n) is 2.22. The maximum atomic E-state index is 12.8. The highest BCUT2D eigenvalue weighted by molar-refractivity contribution is 5.81. The van der Waals surface area contributed by atoms with Crippen molar-refractivity contribution in [2.24, 2.45) is 5.73 Å². The van der Waals surface area contributed by atoms with Crippen LogP contribution in [0.25, 0.3) is 0 Å². The molecule has 2 aromatic carbocycles. The Morgan fingerprint density at radius 3 is 2.41 bits per heavy atom. The maximum Gasteiger partial charge on any atom is 0.237 e. The summed E-state index contributed by atoms with van der Waals surface area (Å²) in [5.41, 5.74) is 8.00. The van der Waals surface area contributed by atoms with Crippen LogP contribution in [0.5, 0.6) is 0 Å². The summed E-state index contributed by atoms with van der Waals surface area (Å²) in [6, 6.07) is 15.6. The van der Waals surface area contributed by atoms with E-state index in [2.05, 4.69) is 5.32 Å². The number of hydrogen-bond donors (Lipinski definition) is 2. The molecule has 4 heteroatoms. The number of nitrogens with one attached hydrogen (secondary N) is 1. The lowest BCUT2D eigenvalue weighted by Crippen LogP contribution is -2.40. The fraction of sp³-hybridized carbons (Fsp3) is 0.278. The van der Waals surface area contributed by atoms with E-state index >= 15 is 0 Å². The van der Waals surface area contributed by atoms with Gasteiger partial charge in [0.15, 0.2) is 0 Å². The molecule has 22 heavy (non-hydrogen) atoms. The Labute approximate surface area is 130 Å². The van der Waals surface area contributed by atoms with Crippen molar-refractivity contribution in [1.29, 1.82) is 0 Å². The van der Waals surface area contributed by atoms with E-state index in [0.29, 0.717) is 13.0 Å². The molecular weight excluding hydrogens is 279 g/mol. The lowest BCUT2D eigenvalue weighted by Gasteiger charge is -2.12. The summed E-state index contributed by atoms with van der Waals surface area (Å²) in [5.74, 6) is -0.372. The molecule has 0 radical (unpaired) electrons. The van der Waals surface area contributed by atoms with Gasteiger partial charge < -0.3 is 11.1 Å². The molecule has 116 valence electrons. The van der Waals surface area contributed by atoms with Crippen molar-refractivity contribution in [3.63, 3.8) is 0 Å². The van der Waals surface area contributed by atoms with Crippen molar-refractivity contribution in [2.45, 2.75) is 31.8 Å². The molecule has 2 aromatic rings. The first-order valence-corrected chi connectivity index (χ1v) is 7.47. The second-order valence-corrected chi connectivity index (χ2v) is 5.33. The molecule has 0 saturated heterocycles. The van der Waals surface area contributed by atoms with Crippen LogP contribution < -0.4 is 11.1 Å². The number of amides is 1. The smallest absolute Gasteiger partial charge is 0.237 e. The van der Waals surface area contributed by atoms with Crippen LogP contribution >= 0.6 is 0 Å². The van der Waals surface area contributed by atoms with Crippen LogP contribution in [0.1, 0.15) is 24.0 Å². The quantitative estimate of drug-likeness (QED) is 0.826. The normalized spacial score (nSPS) is 11.9. The van der Waals surface area contributed by atoms with Crippen molar-refractivity contribution < 1.29 is 9.18 Å². The molecule has 0 aliphatic rings. The minimum absolute atomic E-state index is 0.136. The Bertz CT molecular complexity index is 584. The number of benzene rings is 2. The highest BCUT2D eigenvalue weighted by atomic mass is 19.1. The van der Waals surface area contributed by atoms with Crippen LogP contribution in [-0.4, -0.2) is 11.9 Å². The standard InChI is InChI=1S/C18H21FN2O/c19-16-11-9-14(10-12-16)7-4-8-17(20)18(22)21-13-15-5-2-1-3-6-15/h1-3,5-6,9-12,17H,4,7-8,13,20H2,(H,21,22). The van der Waals surface area contributed by atoms with Crippen LogP contribution in [0.15, 0.2) is 54.6 Å². The van der Waals surface area contributed by atoms with Crippen LogP contribution in [0, 0.1) is 5.82 Å². The van der Waals surface area contributed by atoms with E-state index in [4.69, 9.17) is 5.73 Å². The first-order chi connectivity index (χ1) is 10.6. The van der Waals surface area contributed by atoms with E-state index in [1.54, 1.807) is 12.1 Å². The molecule has 2 rings (SSSR count). The van der Waals surface area contributed by atoms with Crippen LogP contribution in [0.2, 0.25) is 0 Å². The molecule has 0 heterocycles. The monoisotopic (exact) mass is 300 g/mol. The van der Waals surface area contributed by atoms with Crippen molar-refractivity contribution >= 4 is 5.91 Å². The molecule has 1 atom stereocenters. The van der Waals surface area contributed by atoms with Crippen molar-refractivity contribution in [3.8, 4) is 0 Å². The fourth-order valence-corrected chi connectivity index (χ4v) is 2.22. The zero-order valence-corrected chi connectivity index (χ0v) is 12.5. The van der Waals surface area contributed by atoms with Crippen molar-refractivity contribution in [2.75, 3.05) is 0 Å². The van der Waals surface area contributed by atoms with Gasteiger partial charge in [0, 0.05) is 6.54 Å². The third-order valence-corrected chi connectivity index (χ3v) is 3.54. The van der Waals surface area contributed by atoms with E-state index in [9.17, 15) is 9.18 Å². The topological polar surface area (TPSA) is 55.1 Å². The predicted molar refractivity (Wildman–Crippen MR) is 85.6 cm³/mol. The highest BCUT2D eigenvalue weighted by Gasteiger charge is 2.12. The molecular formula is C18H21FN2O. The summed E-state index contributed by atoms with van der Waals surface area (Å²) in [5, 5.41) is 2.84.